The number of allylic oxidation sites excluding steroid dienone is 1. The van der Waals surface area contributed by atoms with E-state index in [1.54, 1.807) is 12.3 Å². The number of hydrogen-bond donors (Lipinski definition) is 0. The molecule has 0 spiro atoms. The fraction of sp³-hybridized carbons (Fsp3) is 0.353. The summed E-state index contributed by atoms with van der Waals surface area (Å²) in [4.78, 5) is 14.9. The number of ketones is 1. The Hall–Kier alpha value is -2.63. The predicted octanol–water partition coefficient (Wildman–Crippen LogP) is 2.96. The second kappa shape index (κ2) is 5.22. The van der Waals surface area contributed by atoms with Crippen LogP contribution >= 0.6 is 0 Å². The van der Waals surface area contributed by atoms with Crippen molar-refractivity contribution in [3.63, 3.8) is 0 Å². The van der Waals surface area contributed by atoms with Crippen molar-refractivity contribution >= 4 is 16.8 Å². The number of fused-ring (bicyclic) bond motifs is 2. The first-order chi connectivity index (χ1) is 11.2. The molecule has 2 aliphatic heterocycles. The van der Waals surface area contributed by atoms with Gasteiger partial charge < -0.3 is 23.5 Å². The average molecular weight is 315 g/mol. The van der Waals surface area contributed by atoms with Gasteiger partial charge in [-0.25, -0.2) is 0 Å². The minimum Gasteiger partial charge on any atom is -0.495 e. The number of hydrogen-bond acceptors (Lipinski definition) is 6. The molecule has 3 heterocycles. The Kier molecular flexibility index (Phi) is 3.18. The van der Waals surface area contributed by atoms with Crippen LogP contribution < -0.4 is 14.2 Å². The van der Waals surface area contributed by atoms with Gasteiger partial charge in [0.15, 0.2) is 17.1 Å². The molecule has 1 fully saturated rings. The Balaban J connectivity index is 1.89. The Morgan fingerprint density at radius 1 is 1.17 bits per heavy atom. The molecule has 1 aromatic carbocycles. The highest BCUT2D eigenvalue weighted by molar-refractivity contribution is 6.18. The largest absolute Gasteiger partial charge is 0.495 e. The molecule has 0 saturated carbocycles. The van der Waals surface area contributed by atoms with Crippen molar-refractivity contribution in [3.05, 3.63) is 29.9 Å². The van der Waals surface area contributed by atoms with Crippen molar-refractivity contribution in [2.24, 2.45) is 0 Å². The van der Waals surface area contributed by atoms with Crippen LogP contribution in [-0.4, -0.2) is 38.0 Å². The van der Waals surface area contributed by atoms with Gasteiger partial charge >= 0.3 is 0 Å². The van der Waals surface area contributed by atoms with Crippen molar-refractivity contribution in [1.82, 2.24) is 4.90 Å². The maximum atomic E-state index is 12.8. The molecule has 120 valence electrons. The molecule has 6 nitrogen and oxygen atoms in total. The van der Waals surface area contributed by atoms with E-state index >= 15 is 0 Å². The zero-order valence-electron chi connectivity index (χ0n) is 13.0. The molecule has 0 bridgehead atoms. The molecule has 1 aromatic heterocycles. The van der Waals surface area contributed by atoms with Crippen LogP contribution in [0.4, 0.5) is 0 Å². The lowest BCUT2D eigenvalue weighted by molar-refractivity contribution is 0.101. The van der Waals surface area contributed by atoms with E-state index < -0.39 is 0 Å². The van der Waals surface area contributed by atoms with Crippen molar-refractivity contribution in [2.45, 2.75) is 12.8 Å². The molecule has 0 aliphatic carbocycles. The third kappa shape index (κ3) is 1.98. The fourth-order valence-electron chi connectivity index (χ4n) is 3.22. The summed E-state index contributed by atoms with van der Waals surface area (Å²) in [5.41, 5.74) is 0.905. The normalized spacial score (nSPS) is 18.6. The molecule has 2 aromatic rings. The van der Waals surface area contributed by atoms with E-state index in [-0.39, 0.29) is 5.78 Å². The fourth-order valence-corrected chi connectivity index (χ4v) is 3.22. The van der Waals surface area contributed by atoms with Crippen LogP contribution in [0, 0.1) is 0 Å². The number of benzene rings is 1. The zero-order chi connectivity index (χ0) is 16.0. The first-order valence-electron chi connectivity index (χ1n) is 7.58. The number of likely N-dealkylation sites (tertiary alicyclic amines) is 1. The third-order valence-electron chi connectivity index (χ3n) is 4.29. The molecule has 1 saturated heterocycles. The summed E-state index contributed by atoms with van der Waals surface area (Å²) in [5, 5.41) is 0.697. The number of carbonyl (C=O) groups is 1. The topological polar surface area (TPSA) is 61.1 Å². The SMILES string of the molecule is COc1c2c(c(OC)c3occc13)OC(=CN1CCCC1)C2=O. The predicted molar refractivity (Wildman–Crippen MR) is 83.2 cm³/mol. The standard InChI is InChI=1S/C17H17NO5/c1-20-14-10-5-8-22-15(10)17(21-2)16-12(14)13(19)11(23-16)9-18-6-3-4-7-18/h5,8-9H,3-4,6-7H2,1-2H3. The van der Waals surface area contributed by atoms with E-state index in [1.165, 1.54) is 20.5 Å². The highest BCUT2D eigenvalue weighted by Gasteiger charge is 2.38. The van der Waals surface area contributed by atoms with E-state index in [0.29, 0.717) is 39.5 Å². The van der Waals surface area contributed by atoms with Gasteiger partial charge in [0.2, 0.25) is 11.5 Å². The summed E-state index contributed by atoms with van der Waals surface area (Å²) < 4.78 is 22.2. The van der Waals surface area contributed by atoms with Crippen LogP contribution in [0.1, 0.15) is 23.2 Å². The lowest BCUT2D eigenvalue weighted by Gasteiger charge is -2.11. The summed E-state index contributed by atoms with van der Waals surface area (Å²) >= 11 is 0. The van der Waals surface area contributed by atoms with Crippen molar-refractivity contribution in [2.75, 3.05) is 27.3 Å². The minimum absolute atomic E-state index is 0.190. The zero-order valence-corrected chi connectivity index (χ0v) is 13.0. The molecular weight excluding hydrogens is 298 g/mol. The molecule has 0 atom stereocenters. The molecular formula is C17H17NO5. The van der Waals surface area contributed by atoms with E-state index in [2.05, 4.69) is 4.90 Å². The van der Waals surface area contributed by atoms with Crippen LogP contribution in [0.5, 0.6) is 17.2 Å². The van der Waals surface area contributed by atoms with Gasteiger partial charge in [-0.2, -0.15) is 0 Å². The lowest BCUT2D eigenvalue weighted by Crippen LogP contribution is -2.14. The lowest BCUT2D eigenvalue weighted by atomic mass is 10.1. The van der Waals surface area contributed by atoms with Gasteiger partial charge in [0.1, 0.15) is 11.3 Å². The Morgan fingerprint density at radius 2 is 1.91 bits per heavy atom. The maximum Gasteiger partial charge on any atom is 0.237 e. The number of carbonyl (C=O) groups excluding carboxylic acids is 1. The molecule has 0 N–H and O–H groups in total. The van der Waals surface area contributed by atoms with Gasteiger partial charge in [-0.3, -0.25) is 4.79 Å². The number of methoxy groups -OCH3 is 2. The summed E-state index contributed by atoms with van der Waals surface area (Å²) in [6.45, 7) is 1.88. The van der Waals surface area contributed by atoms with Gasteiger partial charge in [0, 0.05) is 19.3 Å². The number of rotatable bonds is 3. The monoisotopic (exact) mass is 315 g/mol. The van der Waals surface area contributed by atoms with Gasteiger partial charge in [-0.05, 0) is 18.9 Å². The van der Waals surface area contributed by atoms with Crippen LogP contribution in [0.25, 0.3) is 11.0 Å². The summed E-state index contributed by atoms with van der Waals surface area (Å²) in [6, 6.07) is 1.76. The van der Waals surface area contributed by atoms with Crippen LogP contribution in [0.15, 0.2) is 28.7 Å². The third-order valence-corrected chi connectivity index (χ3v) is 4.29. The highest BCUT2D eigenvalue weighted by Crippen LogP contribution is 2.50. The minimum atomic E-state index is -0.190. The number of furan rings is 1. The molecule has 0 amide bonds. The van der Waals surface area contributed by atoms with E-state index in [0.717, 1.165) is 25.9 Å². The average Bonchev–Trinajstić information content (AvgIpc) is 3.28. The first-order valence-corrected chi connectivity index (χ1v) is 7.58. The molecule has 2 aliphatic rings. The van der Waals surface area contributed by atoms with Gasteiger partial charge in [0.25, 0.3) is 0 Å². The summed E-state index contributed by atoms with van der Waals surface area (Å²) in [6.07, 6.45) is 5.58. The van der Waals surface area contributed by atoms with Gasteiger partial charge in [-0.1, -0.05) is 0 Å². The number of nitrogens with zero attached hydrogens (tertiary/aromatic N) is 1. The van der Waals surface area contributed by atoms with Crippen LogP contribution in [-0.2, 0) is 0 Å². The van der Waals surface area contributed by atoms with Crippen molar-refractivity contribution < 1.29 is 23.4 Å². The van der Waals surface area contributed by atoms with E-state index in [4.69, 9.17) is 18.6 Å². The molecule has 4 rings (SSSR count). The summed E-state index contributed by atoms with van der Waals surface area (Å²) in [5.74, 6) is 1.34. The van der Waals surface area contributed by atoms with Gasteiger partial charge in [-0.15, -0.1) is 0 Å². The number of Topliss-reactive ketones (excluding diaryl/α,β-unsaturated/α-hetero) is 1. The molecule has 0 radical (unpaired) electrons. The Bertz CT molecular complexity index is 814. The van der Waals surface area contributed by atoms with E-state index in [1.807, 2.05) is 0 Å². The van der Waals surface area contributed by atoms with Gasteiger partial charge in [0.05, 0.1) is 25.9 Å². The Labute approximate surface area is 133 Å². The molecule has 23 heavy (non-hydrogen) atoms. The second-order valence-corrected chi connectivity index (χ2v) is 5.60. The van der Waals surface area contributed by atoms with Crippen molar-refractivity contribution in [1.29, 1.82) is 0 Å². The quantitative estimate of drug-likeness (QED) is 0.812. The molecule has 0 unspecified atom stereocenters. The van der Waals surface area contributed by atoms with Crippen LogP contribution in [0.2, 0.25) is 0 Å². The maximum absolute atomic E-state index is 12.8. The van der Waals surface area contributed by atoms with Crippen LogP contribution in [0.3, 0.4) is 0 Å². The van der Waals surface area contributed by atoms with Crippen molar-refractivity contribution in [3.8, 4) is 17.2 Å². The molecule has 6 heteroatoms. The summed E-state index contributed by atoms with van der Waals surface area (Å²) in [7, 11) is 3.06. The number of ether oxygens (including phenoxy) is 3. The van der Waals surface area contributed by atoms with E-state index in [9.17, 15) is 4.79 Å². The first kappa shape index (κ1) is 14.0. The smallest absolute Gasteiger partial charge is 0.237 e. The Morgan fingerprint density at radius 3 is 2.61 bits per heavy atom. The highest BCUT2D eigenvalue weighted by atomic mass is 16.5. The second-order valence-electron chi connectivity index (χ2n) is 5.60.